The van der Waals surface area contributed by atoms with E-state index < -0.39 is 38.6 Å². The van der Waals surface area contributed by atoms with Crippen molar-refractivity contribution in [2.24, 2.45) is 5.41 Å². The molecule has 2 heterocycles. The van der Waals surface area contributed by atoms with E-state index in [1.54, 1.807) is 43.3 Å². The third kappa shape index (κ3) is 3.71. The predicted octanol–water partition coefficient (Wildman–Crippen LogP) is 4.58. The SMILES string of the molecule is CC1=CC2=C(OS(=O)(=O)C(F)(F)F)C(c3ccccc3)C(=O)N2C(C(C)(C)C)=C1. The fourth-order valence-corrected chi connectivity index (χ4v) is 3.80. The Kier molecular flexibility index (Phi) is 4.93. The van der Waals surface area contributed by atoms with E-state index >= 15 is 0 Å². The van der Waals surface area contributed by atoms with Crippen LogP contribution in [0.1, 0.15) is 39.2 Å². The minimum Gasteiger partial charge on any atom is -0.377 e. The Morgan fingerprint density at radius 2 is 1.62 bits per heavy atom. The number of hydrogen-bond acceptors (Lipinski definition) is 4. The van der Waals surface area contributed by atoms with Gasteiger partial charge < -0.3 is 4.18 Å². The lowest BCUT2D eigenvalue weighted by atomic mass is 9.87. The molecule has 0 N–H and O–H groups in total. The minimum absolute atomic E-state index is 0.00148. The molecular formula is C20H20F3NO4S. The van der Waals surface area contributed by atoms with Gasteiger partial charge in [0.15, 0.2) is 5.76 Å². The molecule has 1 amide bonds. The highest BCUT2D eigenvalue weighted by atomic mass is 32.2. The van der Waals surface area contributed by atoms with Crippen LogP contribution in [0, 0.1) is 5.41 Å². The summed E-state index contributed by atoms with van der Waals surface area (Å²) >= 11 is 0. The van der Waals surface area contributed by atoms with Crippen molar-refractivity contribution in [3.63, 3.8) is 0 Å². The monoisotopic (exact) mass is 427 g/mol. The molecule has 2 aliphatic rings. The van der Waals surface area contributed by atoms with E-state index in [0.29, 0.717) is 16.8 Å². The lowest BCUT2D eigenvalue weighted by Gasteiger charge is -2.34. The Bertz CT molecular complexity index is 1050. The van der Waals surface area contributed by atoms with Gasteiger partial charge >= 0.3 is 15.6 Å². The van der Waals surface area contributed by atoms with Crippen molar-refractivity contribution in [3.05, 3.63) is 70.8 Å². The topological polar surface area (TPSA) is 63.7 Å². The number of halogens is 3. The molecule has 2 aliphatic heterocycles. The Labute approximate surface area is 167 Å². The maximum atomic E-state index is 13.3. The zero-order valence-electron chi connectivity index (χ0n) is 16.2. The van der Waals surface area contributed by atoms with Gasteiger partial charge in [-0.25, -0.2) is 0 Å². The molecule has 5 nitrogen and oxygen atoms in total. The van der Waals surface area contributed by atoms with Crippen LogP contribution in [-0.2, 0) is 19.1 Å². The average molecular weight is 427 g/mol. The van der Waals surface area contributed by atoms with Crippen LogP contribution in [-0.4, -0.2) is 24.7 Å². The van der Waals surface area contributed by atoms with Crippen LogP contribution in [0.25, 0.3) is 0 Å². The van der Waals surface area contributed by atoms with Gasteiger partial charge in [0.2, 0.25) is 5.91 Å². The van der Waals surface area contributed by atoms with E-state index in [1.807, 2.05) is 20.8 Å². The highest BCUT2D eigenvalue weighted by Crippen LogP contribution is 2.47. The molecular weight excluding hydrogens is 407 g/mol. The van der Waals surface area contributed by atoms with Crippen LogP contribution in [0.2, 0.25) is 0 Å². The number of alkyl halides is 3. The highest BCUT2D eigenvalue weighted by molar-refractivity contribution is 7.87. The lowest BCUT2D eigenvalue weighted by Crippen LogP contribution is -2.34. The van der Waals surface area contributed by atoms with E-state index in [4.69, 9.17) is 0 Å². The van der Waals surface area contributed by atoms with E-state index in [9.17, 15) is 26.4 Å². The van der Waals surface area contributed by atoms with Crippen molar-refractivity contribution >= 4 is 16.0 Å². The van der Waals surface area contributed by atoms with Crippen molar-refractivity contribution in [1.29, 1.82) is 0 Å². The maximum Gasteiger partial charge on any atom is 0.534 e. The first kappa shape index (κ1) is 21.2. The number of nitrogens with zero attached hydrogens (tertiary/aromatic N) is 1. The van der Waals surface area contributed by atoms with Gasteiger partial charge in [0.05, 0.1) is 5.70 Å². The quantitative estimate of drug-likeness (QED) is 0.523. The molecule has 1 aromatic rings. The van der Waals surface area contributed by atoms with Crippen molar-refractivity contribution in [2.45, 2.75) is 39.1 Å². The van der Waals surface area contributed by atoms with Gasteiger partial charge in [-0.15, -0.1) is 0 Å². The zero-order valence-corrected chi connectivity index (χ0v) is 17.1. The number of rotatable bonds is 3. The normalized spacial score (nSPS) is 20.4. The molecule has 0 spiro atoms. The maximum absolute atomic E-state index is 13.3. The second-order valence-corrected chi connectivity index (χ2v) is 9.46. The number of hydrogen-bond donors (Lipinski definition) is 0. The number of fused-ring (bicyclic) bond motifs is 1. The second-order valence-electron chi connectivity index (χ2n) is 7.92. The van der Waals surface area contributed by atoms with Gasteiger partial charge in [-0.1, -0.05) is 51.1 Å². The van der Waals surface area contributed by atoms with Crippen molar-refractivity contribution in [1.82, 2.24) is 4.90 Å². The number of benzene rings is 1. The van der Waals surface area contributed by atoms with Crippen molar-refractivity contribution in [2.75, 3.05) is 0 Å². The van der Waals surface area contributed by atoms with Crippen molar-refractivity contribution < 1.29 is 30.6 Å². The van der Waals surface area contributed by atoms with Gasteiger partial charge in [0, 0.05) is 11.1 Å². The molecule has 1 aromatic carbocycles. The summed E-state index contributed by atoms with van der Waals surface area (Å²) in [5, 5.41) is 0. The van der Waals surface area contributed by atoms with Gasteiger partial charge in [0.25, 0.3) is 0 Å². The Balaban J connectivity index is 2.25. The van der Waals surface area contributed by atoms with Crippen molar-refractivity contribution in [3.8, 4) is 0 Å². The van der Waals surface area contributed by atoms with Crippen LogP contribution >= 0.6 is 0 Å². The zero-order chi connectivity index (χ0) is 21.8. The van der Waals surface area contributed by atoms with Gasteiger partial charge in [-0.3, -0.25) is 9.69 Å². The lowest BCUT2D eigenvalue weighted by molar-refractivity contribution is -0.127. The number of allylic oxidation sites excluding steroid dienone is 4. The third-order valence-electron chi connectivity index (χ3n) is 4.58. The molecule has 0 saturated heterocycles. The summed E-state index contributed by atoms with van der Waals surface area (Å²) in [5.41, 5.74) is -4.60. The van der Waals surface area contributed by atoms with Crippen LogP contribution < -0.4 is 0 Å². The summed E-state index contributed by atoms with van der Waals surface area (Å²) in [6.07, 6.45) is 3.21. The second kappa shape index (κ2) is 6.76. The first-order valence-electron chi connectivity index (χ1n) is 8.78. The summed E-state index contributed by atoms with van der Waals surface area (Å²) in [4.78, 5) is 14.6. The number of amides is 1. The molecule has 0 bridgehead atoms. The molecule has 0 saturated carbocycles. The molecule has 1 atom stereocenters. The van der Waals surface area contributed by atoms with Crippen LogP contribution in [0.5, 0.6) is 0 Å². The largest absolute Gasteiger partial charge is 0.534 e. The minimum atomic E-state index is -5.95. The first-order chi connectivity index (χ1) is 13.2. The highest BCUT2D eigenvalue weighted by Gasteiger charge is 2.53. The van der Waals surface area contributed by atoms with Gasteiger partial charge in [-0.2, -0.15) is 21.6 Å². The summed E-state index contributed by atoms with van der Waals surface area (Å²) in [7, 11) is -5.95. The standard InChI is InChI=1S/C20H20F3NO4S/c1-12-10-14-17(28-29(26,27)20(21,22)23)16(13-8-6-5-7-9-13)18(25)24(14)15(11-12)19(2,3)4/h5-11,16H,1-4H3. The van der Waals surface area contributed by atoms with Crippen LogP contribution in [0.4, 0.5) is 13.2 Å². The van der Waals surface area contributed by atoms with E-state index in [2.05, 4.69) is 4.18 Å². The summed E-state index contributed by atoms with van der Waals surface area (Å²) < 4.78 is 67.2. The molecule has 29 heavy (non-hydrogen) atoms. The Morgan fingerprint density at radius 3 is 2.14 bits per heavy atom. The van der Waals surface area contributed by atoms with Crippen LogP contribution in [0.15, 0.2) is 65.2 Å². The van der Waals surface area contributed by atoms with E-state index in [1.165, 1.54) is 11.0 Å². The van der Waals surface area contributed by atoms with Gasteiger partial charge in [0.1, 0.15) is 5.92 Å². The predicted molar refractivity (Wildman–Crippen MR) is 100 cm³/mol. The smallest absolute Gasteiger partial charge is 0.377 e. The number of carbonyl (C=O) groups excluding carboxylic acids is 1. The molecule has 156 valence electrons. The molecule has 0 aromatic heterocycles. The molecule has 0 aliphatic carbocycles. The Hall–Kier alpha value is -2.55. The van der Waals surface area contributed by atoms with Crippen LogP contribution in [0.3, 0.4) is 0 Å². The molecule has 0 radical (unpaired) electrons. The third-order valence-corrected chi connectivity index (χ3v) is 5.54. The van der Waals surface area contributed by atoms with E-state index in [0.717, 1.165) is 0 Å². The molecule has 0 fully saturated rings. The first-order valence-corrected chi connectivity index (χ1v) is 10.2. The number of carbonyl (C=O) groups is 1. The van der Waals surface area contributed by atoms with E-state index in [-0.39, 0.29) is 5.70 Å². The Morgan fingerprint density at radius 1 is 1.03 bits per heavy atom. The molecule has 1 unspecified atom stereocenters. The summed E-state index contributed by atoms with van der Waals surface area (Å²) in [6, 6.07) is 8.00. The fourth-order valence-electron chi connectivity index (χ4n) is 3.29. The molecule has 3 rings (SSSR count). The summed E-state index contributed by atoms with van der Waals surface area (Å²) in [6.45, 7) is 7.27. The average Bonchev–Trinajstić information content (AvgIpc) is 2.84. The summed E-state index contributed by atoms with van der Waals surface area (Å²) in [5.74, 6) is -2.42. The van der Waals surface area contributed by atoms with Gasteiger partial charge in [-0.05, 0) is 30.2 Å². The fraction of sp³-hybridized carbons (Fsp3) is 0.350. The molecule has 9 heteroatoms.